The van der Waals surface area contributed by atoms with E-state index >= 15 is 0 Å². The highest BCUT2D eigenvalue weighted by atomic mass is 16.2. The molecule has 4 aromatic heterocycles. The summed E-state index contributed by atoms with van der Waals surface area (Å²) in [5.41, 5.74) is 11.8. The predicted octanol–water partition coefficient (Wildman–Crippen LogP) is 3.76. The molecule has 1 atom stereocenters. The second-order valence-electron chi connectivity index (χ2n) is 9.43. The van der Waals surface area contributed by atoms with Gasteiger partial charge in [-0.05, 0) is 79.3 Å². The van der Waals surface area contributed by atoms with Crippen molar-refractivity contribution in [1.82, 2.24) is 34.6 Å². The Morgan fingerprint density at radius 2 is 1.94 bits per heavy atom. The third-order valence-electron chi connectivity index (χ3n) is 7.04. The third kappa shape index (κ3) is 3.43. The number of nitrogen functional groups attached to an aromatic ring is 1. The topological polar surface area (TPSA) is 117 Å². The number of aryl methyl sites for hydroxylation is 1. The molecule has 7 rings (SSSR count). The summed E-state index contributed by atoms with van der Waals surface area (Å²) in [5.74, 6) is 2.17. The van der Waals surface area contributed by atoms with E-state index in [9.17, 15) is 4.79 Å². The van der Waals surface area contributed by atoms with E-state index < -0.39 is 0 Å². The summed E-state index contributed by atoms with van der Waals surface area (Å²) in [6, 6.07) is 15.9. The van der Waals surface area contributed by atoms with Crippen molar-refractivity contribution in [3.8, 4) is 22.9 Å². The van der Waals surface area contributed by atoms with Gasteiger partial charge in [-0.25, -0.2) is 19.6 Å². The van der Waals surface area contributed by atoms with Crippen LogP contribution >= 0.6 is 0 Å². The fourth-order valence-electron chi connectivity index (χ4n) is 5.04. The van der Waals surface area contributed by atoms with Crippen LogP contribution in [0, 0.1) is 5.92 Å². The number of nitrogens with two attached hydrogens (primary N) is 1. The standard InChI is InChI=1S/C27H24N8O/c28-24-20(3-1-12-29-24)25-31-22-10-11-23(34-14-2-13-30-34)33-26(22)35(25)18-7-8-19-17(15-18)6-9-21(19)32-27(36)16-4-5-16/h1-3,7-8,10-16,21H,4-6,9H2,(H2,28,29)(H,32,36)/t21-/m0/s1. The molecule has 9 heteroatoms. The molecule has 1 fully saturated rings. The maximum atomic E-state index is 12.4. The number of hydrogen-bond acceptors (Lipinski definition) is 6. The Labute approximate surface area is 207 Å². The highest BCUT2D eigenvalue weighted by Crippen LogP contribution is 2.37. The molecule has 0 bridgehead atoms. The van der Waals surface area contributed by atoms with Crippen LogP contribution in [0.2, 0.25) is 0 Å². The number of fused-ring (bicyclic) bond motifs is 2. The first-order valence-corrected chi connectivity index (χ1v) is 12.2. The van der Waals surface area contributed by atoms with Crippen LogP contribution in [0.15, 0.2) is 67.1 Å². The van der Waals surface area contributed by atoms with Gasteiger partial charge in [0.1, 0.15) is 11.3 Å². The Morgan fingerprint density at radius 3 is 2.75 bits per heavy atom. The van der Waals surface area contributed by atoms with Crippen LogP contribution in [-0.2, 0) is 11.2 Å². The second kappa shape index (κ2) is 8.01. The summed E-state index contributed by atoms with van der Waals surface area (Å²) < 4.78 is 3.76. The van der Waals surface area contributed by atoms with Crippen molar-refractivity contribution in [1.29, 1.82) is 0 Å². The number of hydrogen-bond donors (Lipinski definition) is 2. The lowest BCUT2D eigenvalue weighted by atomic mass is 10.1. The first kappa shape index (κ1) is 20.8. The van der Waals surface area contributed by atoms with Crippen molar-refractivity contribution in [2.75, 3.05) is 5.73 Å². The van der Waals surface area contributed by atoms with Crippen molar-refractivity contribution in [2.45, 2.75) is 31.7 Å². The first-order chi connectivity index (χ1) is 17.7. The average Bonchev–Trinajstić information content (AvgIpc) is 3.29. The molecule has 0 radical (unpaired) electrons. The molecule has 5 aromatic rings. The van der Waals surface area contributed by atoms with Gasteiger partial charge in [-0.1, -0.05) is 6.07 Å². The normalized spacial score (nSPS) is 16.8. The van der Waals surface area contributed by atoms with E-state index in [1.165, 1.54) is 11.1 Å². The minimum absolute atomic E-state index is 0.0691. The SMILES string of the molecule is Nc1ncccc1-c1nc2ccc(-n3cccn3)nc2n1-c1ccc2c(c1)CC[C@@H]2NC(=O)C1CC1. The number of pyridine rings is 2. The number of nitrogens with one attached hydrogen (secondary N) is 1. The lowest BCUT2D eigenvalue weighted by Gasteiger charge is -2.15. The molecule has 0 saturated heterocycles. The maximum Gasteiger partial charge on any atom is 0.223 e. The number of anilines is 1. The molecular weight excluding hydrogens is 452 g/mol. The molecule has 0 unspecified atom stereocenters. The van der Waals surface area contributed by atoms with Gasteiger partial charge >= 0.3 is 0 Å². The second-order valence-corrected chi connectivity index (χ2v) is 9.43. The number of carbonyl (C=O) groups is 1. The number of imidazole rings is 1. The van der Waals surface area contributed by atoms with Crippen molar-refractivity contribution in [2.24, 2.45) is 5.92 Å². The van der Waals surface area contributed by atoms with E-state index in [0.717, 1.165) is 42.5 Å². The van der Waals surface area contributed by atoms with E-state index in [2.05, 4.69) is 33.6 Å². The van der Waals surface area contributed by atoms with E-state index in [-0.39, 0.29) is 17.9 Å². The Balaban J connectivity index is 1.37. The number of nitrogens with zero attached hydrogens (tertiary/aromatic N) is 6. The molecule has 1 aromatic carbocycles. The molecule has 36 heavy (non-hydrogen) atoms. The number of amides is 1. The van der Waals surface area contributed by atoms with Gasteiger partial charge in [0.15, 0.2) is 17.3 Å². The molecule has 0 aliphatic heterocycles. The van der Waals surface area contributed by atoms with E-state index in [4.69, 9.17) is 15.7 Å². The highest BCUT2D eigenvalue weighted by Gasteiger charge is 2.33. The van der Waals surface area contributed by atoms with Crippen molar-refractivity contribution >= 4 is 22.9 Å². The van der Waals surface area contributed by atoms with Crippen LogP contribution in [0.5, 0.6) is 0 Å². The molecular formula is C27H24N8O. The number of benzene rings is 1. The first-order valence-electron chi connectivity index (χ1n) is 12.2. The molecule has 3 N–H and O–H groups in total. The number of carbonyl (C=O) groups excluding carboxylic acids is 1. The van der Waals surface area contributed by atoms with E-state index in [1.54, 1.807) is 17.1 Å². The van der Waals surface area contributed by atoms with Crippen LogP contribution in [0.1, 0.15) is 36.4 Å². The van der Waals surface area contributed by atoms with Gasteiger partial charge in [-0.2, -0.15) is 5.10 Å². The predicted molar refractivity (Wildman–Crippen MR) is 136 cm³/mol. The summed E-state index contributed by atoms with van der Waals surface area (Å²) in [7, 11) is 0. The Morgan fingerprint density at radius 1 is 1.03 bits per heavy atom. The zero-order valence-electron chi connectivity index (χ0n) is 19.5. The monoisotopic (exact) mass is 476 g/mol. The molecule has 2 aliphatic rings. The molecule has 178 valence electrons. The average molecular weight is 477 g/mol. The largest absolute Gasteiger partial charge is 0.383 e. The van der Waals surface area contributed by atoms with Crippen LogP contribution in [0.4, 0.5) is 5.82 Å². The van der Waals surface area contributed by atoms with Crippen LogP contribution in [0.3, 0.4) is 0 Å². The fraction of sp³-hybridized carbons (Fsp3) is 0.222. The van der Waals surface area contributed by atoms with Crippen molar-refractivity contribution in [3.05, 3.63) is 78.2 Å². The van der Waals surface area contributed by atoms with E-state index in [1.807, 2.05) is 41.1 Å². The van der Waals surface area contributed by atoms with Gasteiger partial charge in [-0.15, -0.1) is 0 Å². The molecule has 0 spiro atoms. The summed E-state index contributed by atoms with van der Waals surface area (Å²) in [6.45, 7) is 0. The zero-order valence-corrected chi connectivity index (χ0v) is 19.5. The Bertz CT molecular complexity index is 1620. The van der Waals surface area contributed by atoms with Crippen LogP contribution in [-0.4, -0.2) is 35.2 Å². The number of aromatic nitrogens is 6. The van der Waals surface area contributed by atoms with Gasteiger partial charge in [-0.3, -0.25) is 9.36 Å². The lowest BCUT2D eigenvalue weighted by Crippen LogP contribution is -2.28. The number of rotatable bonds is 5. The highest BCUT2D eigenvalue weighted by molar-refractivity contribution is 5.84. The summed E-state index contributed by atoms with van der Waals surface area (Å²) in [4.78, 5) is 26.5. The summed E-state index contributed by atoms with van der Waals surface area (Å²) in [5, 5.41) is 7.57. The maximum absolute atomic E-state index is 12.4. The molecule has 1 saturated carbocycles. The zero-order chi connectivity index (χ0) is 24.2. The van der Waals surface area contributed by atoms with Crippen LogP contribution < -0.4 is 11.1 Å². The Hall–Kier alpha value is -4.53. The third-order valence-corrected chi connectivity index (χ3v) is 7.04. The smallest absolute Gasteiger partial charge is 0.223 e. The van der Waals surface area contributed by atoms with Gasteiger partial charge in [0.05, 0.1) is 11.6 Å². The Kier molecular flexibility index (Phi) is 4.63. The summed E-state index contributed by atoms with van der Waals surface area (Å²) in [6.07, 6.45) is 9.08. The van der Waals surface area contributed by atoms with Gasteiger partial charge in [0.25, 0.3) is 0 Å². The molecule has 1 amide bonds. The van der Waals surface area contributed by atoms with E-state index in [0.29, 0.717) is 23.1 Å². The molecule has 2 aliphatic carbocycles. The van der Waals surface area contributed by atoms with Gasteiger partial charge in [0, 0.05) is 30.2 Å². The minimum atomic E-state index is 0.0691. The lowest BCUT2D eigenvalue weighted by molar-refractivity contribution is -0.123. The van der Waals surface area contributed by atoms with Gasteiger partial charge < -0.3 is 11.1 Å². The van der Waals surface area contributed by atoms with Crippen molar-refractivity contribution < 1.29 is 4.79 Å². The molecule has 9 nitrogen and oxygen atoms in total. The fourth-order valence-corrected chi connectivity index (χ4v) is 5.04. The molecule has 4 heterocycles. The quantitative estimate of drug-likeness (QED) is 0.399. The van der Waals surface area contributed by atoms with Gasteiger partial charge in [0.2, 0.25) is 5.91 Å². The van der Waals surface area contributed by atoms with Crippen LogP contribution in [0.25, 0.3) is 34.1 Å². The summed E-state index contributed by atoms with van der Waals surface area (Å²) >= 11 is 0. The minimum Gasteiger partial charge on any atom is -0.383 e. The van der Waals surface area contributed by atoms with Crippen molar-refractivity contribution in [3.63, 3.8) is 0 Å².